The molecule has 0 heterocycles. The molecule has 1 aliphatic carbocycles. The van der Waals surface area contributed by atoms with Gasteiger partial charge in [0.25, 0.3) is 11.5 Å². The second-order valence-electron chi connectivity index (χ2n) is 2.25. The summed E-state index contributed by atoms with van der Waals surface area (Å²) >= 11 is 0. The van der Waals surface area contributed by atoms with Crippen LogP contribution in [0, 0.1) is 6.08 Å². The summed E-state index contributed by atoms with van der Waals surface area (Å²) in [5.41, 5.74) is 1.04. The molecule has 0 saturated heterocycles. The minimum atomic E-state index is 0.720. The molecule has 0 aromatic rings. The molecule has 0 aromatic heterocycles. The van der Waals surface area contributed by atoms with Crippen LogP contribution in [0.5, 0.6) is 0 Å². The molecule has 2 heteroatoms. The van der Waals surface area contributed by atoms with Gasteiger partial charge >= 0.3 is 0 Å². The lowest BCUT2D eigenvalue weighted by atomic mass is 10.1. The van der Waals surface area contributed by atoms with Gasteiger partial charge in [-0.2, -0.15) is 0 Å². The van der Waals surface area contributed by atoms with E-state index in [1.807, 2.05) is 13.0 Å². The van der Waals surface area contributed by atoms with Gasteiger partial charge in [0.2, 0.25) is 0 Å². The van der Waals surface area contributed by atoms with Crippen LogP contribution in [0.2, 0.25) is 0 Å². The summed E-state index contributed by atoms with van der Waals surface area (Å²) < 4.78 is 10.1. The van der Waals surface area contributed by atoms with Crippen molar-refractivity contribution in [1.29, 1.82) is 0 Å². The molecule has 0 amide bonds. The van der Waals surface area contributed by atoms with Gasteiger partial charge in [-0.3, -0.25) is 0 Å². The first kappa shape index (κ1) is 7.83. The topological polar surface area (TPSA) is 18.5 Å². The summed E-state index contributed by atoms with van der Waals surface area (Å²) in [7, 11) is 3.23. The van der Waals surface area contributed by atoms with E-state index in [4.69, 9.17) is 9.47 Å². The second-order valence-corrected chi connectivity index (χ2v) is 2.25. The zero-order valence-electron chi connectivity index (χ0n) is 6.97. The third kappa shape index (κ3) is 1.60. The van der Waals surface area contributed by atoms with Crippen molar-refractivity contribution >= 4 is 0 Å². The summed E-state index contributed by atoms with van der Waals surface area (Å²) in [5, 5.41) is 0. The molecule has 1 aliphatic rings. The Morgan fingerprint density at radius 2 is 1.82 bits per heavy atom. The van der Waals surface area contributed by atoms with Crippen molar-refractivity contribution in [3.8, 4) is 0 Å². The van der Waals surface area contributed by atoms with Crippen LogP contribution in [-0.4, -0.2) is 14.2 Å². The molecule has 11 heavy (non-hydrogen) atoms. The molecule has 0 unspecified atom stereocenters. The average Bonchev–Trinajstić information content (AvgIpc) is 2.04. The van der Waals surface area contributed by atoms with E-state index >= 15 is 0 Å². The zero-order valence-corrected chi connectivity index (χ0v) is 6.97. The van der Waals surface area contributed by atoms with E-state index in [9.17, 15) is 0 Å². The predicted molar refractivity (Wildman–Crippen MR) is 42.6 cm³/mol. The highest BCUT2D eigenvalue weighted by atomic mass is 16.5. The number of methoxy groups -OCH3 is 2. The molecular weight excluding hydrogens is 140 g/mol. The Hall–Kier alpha value is -1.27. The largest absolute Gasteiger partial charge is 0.472 e. The number of allylic oxidation sites excluding steroid dienone is 4. The van der Waals surface area contributed by atoms with Gasteiger partial charge in [0.15, 0.2) is 6.08 Å². The number of rotatable bonds is 2. The van der Waals surface area contributed by atoms with Gasteiger partial charge in [-0.15, -0.1) is 0 Å². The Morgan fingerprint density at radius 1 is 1.18 bits per heavy atom. The summed E-state index contributed by atoms with van der Waals surface area (Å²) in [6.45, 7) is 1.96. The first-order valence-corrected chi connectivity index (χ1v) is 3.38. The molecule has 0 spiro atoms. The third-order valence-electron chi connectivity index (χ3n) is 1.46. The maximum absolute atomic E-state index is 5.07. The van der Waals surface area contributed by atoms with Crippen LogP contribution < -0.4 is 0 Å². The number of hydrogen-bond acceptors (Lipinski definition) is 2. The van der Waals surface area contributed by atoms with Crippen LogP contribution in [0.3, 0.4) is 0 Å². The fraction of sp³-hybridized carbons (Fsp3) is 0.333. The number of ether oxygens (including phenoxy) is 2. The van der Waals surface area contributed by atoms with Crippen LogP contribution in [0.15, 0.2) is 29.2 Å². The summed E-state index contributed by atoms with van der Waals surface area (Å²) in [6, 6.07) is 0. The van der Waals surface area contributed by atoms with Gasteiger partial charge in [0.1, 0.15) is 5.57 Å². The van der Waals surface area contributed by atoms with Crippen molar-refractivity contribution in [2.24, 2.45) is 0 Å². The molecule has 0 aromatic carbocycles. The van der Waals surface area contributed by atoms with Crippen molar-refractivity contribution in [3.63, 3.8) is 0 Å². The first-order valence-electron chi connectivity index (χ1n) is 3.38. The second kappa shape index (κ2) is 3.22. The summed E-state index contributed by atoms with van der Waals surface area (Å²) in [6.07, 6.45) is 6.68. The van der Waals surface area contributed by atoms with Gasteiger partial charge in [0, 0.05) is 6.08 Å². The Kier molecular flexibility index (Phi) is 2.29. The van der Waals surface area contributed by atoms with Gasteiger partial charge in [-0.1, -0.05) is 0 Å². The normalized spacial score (nSPS) is 15.7. The Bertz CT molecular complexity index is 234. The molecule has 2 nitrogen and oxygen atoms in total. The van der Waals surface area contributed by atoms with Crippen molar-refractivity contribution in [2.75, 3.05) is 14.2 Å². The third-order valence-corrected chi connectivity index (χ3v) is 1.46. The molecule has 0 fully saturated rings. The highest BCUT2D eigenvalue weighted by molar-refractivity contribution is 5.35. The molecule has 0 bridgehead atoms. The lowest BCUT2D eigenvalue weighted by Gasteiger charge is -2.01. The fourth-order valence-corrected chi connectivity index (χ4v) is 0.879. The van der Waals surface area contributed by atoms with E-state index in [1.54, 1.807) is 20.3 Å². The van der Waals surface area contributed by atoms with E-state index in [1.165, 1.54) is 0 Å². The van der Waals surface area contributed by atoms with Gasteiger partial charge in [-0.25, -0.2) is 0 Å². The van der Waals surface area contributed by atoms with E-state index in [-0.39, 0.29) is 0 Å². The van der Waals surface area contributed by atoms with Crippen LogP contribution >= 0.6 is 0 Å². The van der Waals surface area contributed by atoms with Crippen molar-refractivity contribution < 1.29 is 9.47 Å². The predicted octanol–water partition coefficient (Wildman–Crippen LogP) is 1.81. The maximum Gasteiger partial charge on any atom is 0.277 e. The molecule has 0 N–H and O–H groups in total. The molecule has 1 rings (SSSR count). The minimum absolute atomic E-state index is 0.720. The van der Waals surface area contributed by atoms with Crippen LogP contribution in [-0.2, 0) is 9.47 Å². The van der Waals surface area contributed by atoms with E-state index in [0.29, 0.717) is 0 Å². The van der Waals surface area contributed by atoms with E-state index in [2.05, 4.69) is 6.08 Å². The fourth-order valence-electron chi connectivity index (χ4n) is 0.879. The first-order chi connectivity index (χ1) is 5.27. The Labute approximate surface area is 66.8 Å². The van der Waals surface area contributed by atoms with Crippen molar-refractivity contribution in [3.05, 3.63) is 35.3 Å². The molecule has 0 aliphatic heterocycles. The zero-order chi connectivity index (χ0) is 8.27. The highest BCUT2D eigenvalue weighted by Gasteiger charge is 2.16. The highest BCUT2D eigenvalue weighted by Crippen LogP contribution is 2.17. The molecule has 0 radical (unpaired) electrons. The maximum atomic E-state index is 5.07. The van der Waals surface area contributed by atoms with E-state index < -0.39 is 0 Å². The minimum Gasteiger partial charge on any atom is -0.472 e. The van der Waals surface area contributed by atoms with Gasteiger partial charge < -0.3 is 9.47 Å². The van der Waals surface area contributed by atoms with Crippen LogP contribution in [0.25, 0.3) is 0 Å². The van der Waals surface area contributed by atoms with Crippen molar-refractivity contribution in [1.82, 2.24) is 0 Å². The van der Waals surface area contributed by atoms with Crippen LogP contribution in [0.1, 0.15) is 6.92 Å². The van der Waals surface area contributed by atoms with Gasteiger partial charge in [0.05, 0.1) is 20.3 Å². The summed E-state index contributed by atoms with van der Waals surface area (Å²) in [5.74, 6) is 1.47. The summed E-state index contributed by atoms with van der Waals surface area (Å²) in [4.78, 5) is 0. The molecule has 0 saturated carbocycles. The lowest BCUT2D eigenvalue weighted by Crippen LogP contribution is -1.96. The van der Waals surface area contributed by atoms with Crippen LogP contribution in [0.4, 0.5) is 0 Å². The van der Waals surface area contributed by atoms with Crippen molar-refractivity contribution in [2.45, 2.75) is 6.92 Å². The quantitative estimate of drug-likeness (QED) is 0.560. The monoisotopic (exact) mass is 151 g/mol. The Morgan fingerprint density at radius 3 is 2.36 bits per heavy atom. The molecule has 58 valence electrons. The smallest absolute Gasteiger partial charge is 0.277 e. The average molecular weight is 151 g/mol. The lowest BCUT2D eigenvalue weighted by molar-refractivity contribution is 0.240. The standard InChI is InChI=1S/C9H11O2/c1-7-4-5-8(10-2)9(6-7)11-3/h5-6H,1-3H3/q+1. The molecule has 0 atom stereocenters. The van der Waals surface area contributed by atoms with Gasteiger partial charge in [-0.05, 0) is 6.92 Å². The van der Waals surface area contributed by atoms with E-state index in [0.717, 1.165) is 17.1 Å². The Balaban J connectivity index is 2.95. The molecular formula is C9H11O2+. The SMILES string of the molecule is COC1=C(OC)C=C(C)[C+]=C1. The number of hydrogen-bond donors (Lipinski definition) is 0.